The van der Waals surface area contributed by atoms with E-state index in [0.717, 1.165) is 22.4 Å². The largest absolute Gasteiger partial charge is 0.418 e. The fourth-order valence-corrected chi connectivity index (χ4v) is 3.46. The molecule has 174 valence electrons. The quantitative estimate of drug-likeness (QED) is 0.589. The topological polar surface area (TPSA) is 67.2 Å². The summed E-state index contributed by atoms with van der Waals surface area (Å²) >= 11 is 0. The van der Waals surface area contributed by atoms with Gasteiger partial charge >= 0.3 is 6.18 Å². The highest BCUT2D eigenvalue weighted by atomic mass is 19.4. The number of hydrogen-bond acceptors (Lipinski definition) is 4. The predicted octanol–water partition coefficient (Wildman–Crippen LogP) is 3.46. The molecular formula is C24H25F3N4O2. The third kappa shape index (κ3) is 5.87. The van der Waals surface area contributed by atoms with Crippen molar-refractivity contribution in [1.29, 1.82) is 0 Å². The molecule has 0 aliphatic heterocycles. The van der Waals surface area contributed by atoms with Crippen LogP contribution in [0.2, 0.25) is 0 Å². The average Bonchev–Trinajstić information content (AvgIpc) is 2.76. The van der Waals surface area contributed by atoms with Crippen LogP contribution in [-0.2, 0) is 12.6 Å². The molecule has 0 radical (unpaired) electrons. The molecule has 0 aliphatic carbocycles. The number of nitrogens with zero attached hydrogens (tertiary/aromatic N) is 3. The highest BCUT2D eigenvalue weighted by Gasteiger charge is 2.34. The molecule has 3 rings (SSSR count). The molecule has 2 aromatic carbocycles. The van der Waals surface area contributed by atoms with E-state index in [1.54, 1.807) is 0 Å². The van der Waals surface area contributed by atoms with Crippen molar-refractivity contribution in [3.63, 3.8) is 0 Å². The van der Waals surface area contributed by atoms with Crippen molar-refractivity contribution in [2.24, 2.45) is 0 Å². The fraction of sp³-hybridized carbons (Fsp3) is 0.292. The first-order valence-electron chi connectivity index (χ1n) is 10.3. The first-order chi connectivity index (χ1) is 15.6. The molecule has 1 atom stereocenters. The normalized spacial score (nSPS) is 12.6. The smallest absolute Gasteiger partial charge is 0.349 e. The Morgan fingerprint density at radius 3 is 2.36 bits per heavy atom. The monoisotopic (exact) mass is 458 g/mol. The third-order valence-electron chi connectivity index (χ3n) is 5.30. The molecule has 0 fully saturated rings. The second-order valence-corrected chi connectivity index (χ2v) is 7.94. The van der Waals surface area contributed by atoms with Gasteiger partial charge in [-0.25, -0.2) is 4.68 Å². The molecule has 0 aliphatic rings. The van der Waals surface area contributed by atoms with E-state index in [2.05, 4.69) is 10.4 Å². The van der Waals surface area contributed by atoms with Crippen LogP contribution in [0.1, 0.15) is 27.3 Å². The molecular weight excluding hydrogens is 433 g/mol. The highest BCUT2D eigenvalue weighted by molar-refractivity contribution is 5.92. The minimum atomic E-state index is -4.62. The van der Waals surface area contributed by atoms with Gasteiger partial charge in [-0.1, -0.05) is 42.5 Å². The highest BCUT2D eigenvalue weighted by Crippen LogP contribution is 2.33. The molecule has 6 nitrogen and oxygen atoms in total. The molecule has 9 heteroatoms. The van der Waals surface area contributed by atoms with Crippen LogP contribution in [0.3, 0.4) is 0 Å². The van der Waals surface area contributed by atoms with Crippen LogP contribution in [0.5, 0.6) is 0 Å². The van der Waals surface area contributed by atoms with Crippen molar-refractivity contribution in [1.82, 2.24) is 20.0 Å². The van der Waals surface area contributed by atoms with Crippen molar-refractivity contribution >= 4 is 5.91 Å². The van der Waals surface area contributed by atoms with Gasteiger partial charge in [0.25, 0.3) is 5.91 Å². The number of amides is 1. The maximum atomic E-state index is 13.5. The standard InChI is InChI=1S/C24H25F3N4O2/c1-16-13-21(32)22(29-31(16)20-12-8-7-11-19(20)24(25,26)27)23(33)28-15-18(30(2)3)14-17-9-5-4-6-10-17/h4-13,18H,14-15H2,1-3H3,(H,28,33)/t18-/m1/s1. The number of para-hydroxylation sites is 1. The van der Waals surface area contributed by atoms with E-state index < -0.39 is 28.8 Å². The SMILES string of the molecule is Cc1cc(=O)c(C(=O)NC[C@@H](Cc2ccccc2)N(C)C)nn1-c1ccccc1C(F)(F)F. The van der Waals surface area contributed by atoms with Crippen LogP contribution < -0.4 is 10.7 Å². The lowest BCUT2D eigenvalue weighted by atomic mass is 10.1. The maximum Gasteiger partial charge on any atom is 0.418 e. The van der Waals surface area contributed by atoms with Gasteiger partial charge in [-0.15, -0.1) is 0 Å². The Labute approximate surface area is 189 Å². The third-order valence-corrected chi connectivity index (χ3v) is 5.30. The first kappa shape index (κ1) is 24.2. The number of rotatable bonds is 7. The second kappa shape index (κ2) is 9.99. The molecule has 0 saturated carbocycles. The summed E-state index contributed by atoms with van der Waals surface area (Å²) in [6.07, 6.45) is -3.95. The summed E-state index contributed by atoms with van der Waals surface area (Å²) in [5.41, 5.74) is -1.02. The van der Waals surface area contributed by atoms with Gasteiger partial charge in [0.1, 0.15) is 0 Å². The first-order valence-corrected chi connectivity index (χ1v) is 10.3. The summed E-state index contributed by atoms with van der Waals surface area (Å²) in [5.74, 6) is -0.738. The molecule has 3 aromatic rings. The fourth-order valence-electron chi connectivity index (χ4n) is 3.46. The van der Waals surface area contributed by atoms with Crippen molar-refractivity contribution < 1.29 is 18.0 Å². The van der Waals surface area contributed by atoms with Crippen molar-refractivity contribution in [2.45, 2.75) is 25.6 Å². The van der Waals surface area contributed by atoms with Crippen LogP contribution in [-0.4, -0.2) is 47.3 Å². The maximum absolute atomic E-state index is 13.5. The van der Waals surface area contributed by atoms with Gasteiger partial charge in [0, 0.05) is 24.3 Å². The average molecular weight is 458 g/mol. The number of aromatic nitrogens is 2. The Bertz CT molecular complexity index is 1170. The van der Waals surface area contributed by atoms with Gasteiger partial charge in [-0.3, -0.25) is 9.59 Å². The molecule has 1 heterocycles. The number of likely N-dealkylation sites (N-methyl/N-ethyl adjacent to an activating group) is 1. The number of halogens is 3. The van der Waals surface area contributed by atoms with Crippen LogP contribution in [0, 0.1) is 6.92 Å². The Morgan fingerprint density at radius 1 is 1.09 bits per heavy atom. The summed E-state index contributed by atoms with van der Waals surface area (Å²) in [7, 11) is 3.76. The summed E-state index contributed by atoms with van der Waals surface area (Å²) in [4.78, 5) is 27.2. The van der Waals surface area contributed by atoms with Gasteiger partial charge in [0.2, 0.25) is 5.43 Å². The molecule has 1 aromatic heterocycles. The van der Waals surface area contributed by atoms with E-state index in [-0.39, 0.29) is 24.0 Å². The number of nitrogens with one attached hydrogen (secondary N) is 1. The van der Waals surface area contributed by atoms with Crippen molar-refractivity contribution in [3.8, 4) is 5.69 Å². The number of carbonyl (C=O) groups is 1. The molecule has 1 N–H and O–H groups in total. The molecule has 33 heavy (non-hydrogen) atoms. The van der Waals surface area contributed by atoms with E-state index >= 15 is 0 Å². The lowest BCUT2D eigenvalue weighted by molar-refractivity contribution is -0.137. The van der Waals surface area contributed by atoms with Crippen molar-refractivity contribution in [3.05, 3.63) is 93.4 Å². The minimum Gasteiger partial charge on any atom is -0.349 e. The summed E-state index contributed by atoms with van der Waals surface area (Å²) in [5, 5.41) is 6.71. The van der Waals surface area contributed by atoms with Gasteiger partial charge in [-0.2, -0.15) is 18.3 Å². The molecule has 0 saturated heterocycles. The summed E-state index contributed by atoms with van der Waals surface area (Å²) in [6, 6.07) is 15.7. The number of alkyl halides is 3. The van der Waals surface area contributed by atoms with E-state index in [1.165, 1.54) is 25.1 Å². The number of aryl methyl sites for hydroxylation is 1. The van der Waals surface area contributed by atoms with Crippen LogP contribution in [0.25, 0.3) is 5.69 Å². The number of carbonyl (C=O) groups excluding carboxylic acids is 1. The Balaban J connectivity index is 1.87. The number of hydrogen-bond donors (Lipinski definition) is 1. The molecule has 0 bridgehead atoms. The van der Waals surface area contributed by atoms with Crippen LogP contribution in [0.15, 0.2) is 65.5 Å². The predicted molar refractivity (Wildman–Crippen MR) is 120 cm³/mol. The van der Waals surface area contributed by atoms with E-state index in [1.807, 2.05) is 49.3 Å². The lowest BCUT2D eigenvalue weighted by Crippen LogP contribution is -2.43. The van der Waals surface area contributed by atoms with E-state index in [4.69, 9.17) is 0 Å². The van der Waals surface area contributed by atoms with Crippen molar-refractivity contribution in [2.75, 3.05) is 20.6 Å². The molecule has 0 unspecified atom stereocenters. The number of benzene rings is 2. The summed E-state index contributed by atoms with van der Waals surface area (Å²) < 4.78 is 41.4. The van der Waals surface area contributed by atoms with Gasteiger partial charge in [0.15, 0.2) is 5.69 Å². The molecule has 0 spiro atoms. The lowest BCUT2D eigenvalue weighted by Gasteiger charge is -2.24. The molecule has 1 amide bonds. The van der Waals surface area contributed by atoms with E-state index in [0.29, 0.717) is 6.42 Å². The second-order valence-electron chi connectivity index (χ2n) is 7.94. The zero-order valence-corrected chi connectivity index (χ0v) is 18.6. The van der Waals surface area contributed by atoms with Gasteiger partial charge in [-0.05, 0) is 45.1 Å². The summed E-state index contributed by atoms with van der Waals surface area (Å²) in [6.45, 7) is 1.69. The van der Waals surface area contributed by atoms with Gasteiger partial charge < -0.3 is 10.2 Å². The zero-order chi connectivity index (χ0) is 24.2. The van der Waals surface area contributed by atoms with Crippen LogP contribution in [0.4, 0.5) is 13.2 Å². The van der Waals surface area contributed by atoms with E-state index in [9.17, 15) is 22.8 Å². The zero-order valence-electron chi connectivity index (χ0n) is 18.6. The Hall–Kier alpha value is -3.46. The Morgan fingerprint density at radius 2 is 1.73 bits per heavy atom. The van der Waals surface area contributed by atoms with Crippen LogP contribution >= 0.6 is 0 Å². The Kier molecular flexibility index (Phi) is 7.33. The minimum absolute atomic E-state index is 0.0602. The van der Waals surface area contributed by atoms with Gasteiger partial charge in [0.05, 0.1) is 11.3 Å².